The summed E-state index contributed by atoms with van der Waals surface area (Å²) in [5.41, 5.74) is 3.14. The summed E-state index contributed by atoms with van der Waals surface area (Å²) in [5, 5.41) is 14.9. The van der Waals surface area contributed by atoms with Gasteiger partial charge in [-0.25, -0.2) is 9.67 Å². The molecule has 3 heterocycles. The molecule has 0 bridgehead atoms. The van der Waals surface area contributed by atoms with Crippen molar-refractivity contribution < 1.29 is 0 Å². The van der Waals surface area contributed by atoms with E-state index >= 15 is 0 Å². The Kier molecular flexibility index (Phi) is 3.41. The molecule has 5 rings (SSSR count). The van der Waals surface area contributed by atoms with Crippen LogP contribution in [0.4, 0.5) is 0 Å². The molecule has 6 nitrogen and oxygen atoms in total. The lowest BCUT2D eigenvalue weighted by Gasteiger charge is -2.04. The first-order chi connectivity index (χ1) is 12.7. The van der Waals surface area contributed by atoms with Gasteiger partial charge in [-0.2, -0.15) is 5.10 Å². The summed E-state index contributed by atoms with van der Waals surface area (Å²) in [6.45, 7) is 0. The summed E-state index contributed by atoms with van der Waals surface area (Å²) in [6, 6.07) is 15.2. The molecule has 0 fully saturated rings. The molecule has 5 aromatic rings. The molecular formula is C18H10Cl2N6. The number of para-hydroxylation sites is 1. The highest BCUT2D eigenvalue weighted by Gasteiger charge is 2.15. The van der Waals surface area contributed by atoms with Crippen LogP contribution in [0.25, 0.3) is 33.8 Å². The van der Waals surface area contributed by atoms with Crippen molar-refractivity contribution in [3.05, 3.63) is 71.1 Å². The Morgan fingerprint density at radius 2 is 1.69 bits per heavy atom. The lowest BCUT2D eigenvalue weighted by atomic mass is 10.2. The molecule has 0 aliphatic heterocycles. The number of rotatable bonds is 2. The van der Waals surface area contributed by atoms with E-state index in [-0.39, 0.29) is 0 Å². The van der Waals surface area contributed by atoms with Gasteiger partial charge in [0.15, 0.2) is 17.1 Å². The average molecular weight is 381 g/mol. The van der Waals surface area contributed by atoms with E-state index in [1.807, 2.05) is 40.8 Å². The van der Waals surface area contributed by atoms with Crippen LogP contribution < -0.4 is 0 Å². The van der Waals surface area contributed by atoms with Gasteiger partial charge < -0.3 is 0 Å². The molecule has 0 saturated carbocycles. The molecule has 2 aromatic carbocycles. The second-order valence-corrected chi connectivity index (χ2v) is 6.53. The standard InChI is InChI=1S/C18H10Cl2N6/c19-14-7-6-11(8-15(14)20)16-23-24-18-13-9-22-26(12-4-2-1-3-5-12)17(13)21-10-25(16)18/h1-10H. The molecule has 0 spiro atoms. The van der Waals surface area contributed by atoms with Gasteiger partial charge in [0, 0.05) is 5.56 Å². The highest BCUT2D eigenvalue weighted by molar-refractivity contribution is 6.42. The molecule has 3 aromatic heterocycles. The third-order valence-electron chi connectivity index (χ3n) is 4.15. The minimum Gasteiger partial charge on any atom is -0.265 e. The van der Waals surface area contributed by atoms with Crippen LogP contribution in [0.5, 0.6) is 0 Å². The number of hydrogen-bond donors (Lipinski definition) is 0. The van der Waals surface area contributed by atoms with Crippen molar-refractivity contribution in [3.63, 3.8) is 0 Å². The minimum atomic E-state index is 0.465. The maximum Gasteiger partial charge on any atom is 0.175 e. The summed E-state index contributed by atoms with van der Waals surface area (Å²) < 4.78 is 3.60. The van der Waals surface area contributed by atoms with Crippen molar-refractivity contribution in [2.24, 2.45) is 0 Å². The Morgan fingerprint density at radius 1 is 0.846 bits per heavy atom. The van der Waals surface area contributed by atoms with Crippen molar-refractivity contribution in [2.75, 3.05) is 0 Å². The second kappa shape index (κ2) is 5.79. The Hall–Kier alpha value is -2.96. The normalized spacial score (nSPS) is 11.5. The molecule has 8 heteroatoms. The van der Waals surface area contributed by atoms with Crippen LogP contribution in [-0.4, -0.2) is 29.4 Å². The number of fused-ring (bicyclic) bond motifs is 3. The Morgan fingerprint density at radius 3 is 2.50 bits per heavy atom. The first-order valence-corrected chi connectivity index (χ1v) is 8.56. The lowest BCUT2D eigenvalue weighted by Crippen LogP contribution is -1.98. The predicted molar refractivity (Wildman–Crippen MR) is 101 cm³/mol. The van der Waals surface area contributed by atoms with Crippen LogP contribution in [0.1, 0.15) is 0 Å². The highest BCUT2D eigenvalue weighted by Crippen LogP contribution is 2.29. The fraction of sp³-hybridized carbons (Fsp3) is 0. The third-order valence-corrected chi connectivity index (χ3v) is 4.89. The van der Waals surface area contributed by atoms with Gasteiger partial charge >= 0.3 is 0 Å². The average Bonchev–Trinajstić information content (AvgIpc) is 3.28. The van der Waals surface area contributed by atoms with E-state index in [1.54, 1.807) is 29.3 Å². The summed E-state index contributed by atoms with van der Waals surface area (Å²) in [5.74, 6) is 0.639. The molecule has 0 aliphatic rings. The van der Waals surface area contributed by atoms with Crippen LogP contribution in [0.15, 0.2) is 61.1 Å². The van der Waals surface area contributed by atoms with Gasteiger partial charge in [0.1, 0.15) is 6.33 Å². The van der Waals surface area contributed by atoms with Crippen molar-refractivity contribution in [1.29, 1.82) is 0 Å². The smallest absolute Gasteiger partial charge is 0.175 e. The van der Waals surface area contributed by atoms with Gasteiger partial charge in [0.2, 0.25) is 0 Å². The van der Waals surface area contributed by atoms with Gasteiger partial charge in [-0.3, -0.25) is 4.40 Å². The maximum atomic E-state index is 6.13. The molecule has 0 unspecified atom stereocenters. The molecule has 0 radical (unpaired) electrons. The van der Waals surface area contributed by atoms with E-state index in [0.29, 0.717) is 21.5 Å². The molecule has 0 N–H and O–H groups in total. The van der Waals surface area contributed by atoms with Crippen LogP contribution in [0, 0.1) is 0 Å². The van der Waals surface area contributed by atoms with E-state index in [0.717, 1.165) is 22.3 Å². The quantitative estimate of drug-likeness (QED) is 0.454. The number of nitrogens with zero attached hydrogens (tertiary/aromatic N) is 6. The van der Waals surface area contributed by atoms with Crippen molar-refractivity contribution in [3.8, 4) is 17.1 Å². The van der Waals surface area contributed by atoms with Crippen molar-refractivity contribution in [2.45, 2.75) is 0 Å². The van der Waals surface area contributed by atoms with Crippen LogP contribution >= 0.6 is 23.2 Å². The van der Waals surface area contributed by atoms with Crippen LogP contribution in [-0.2, 0) is 0 Å². The van der Waals surface area contributed by atoms with Crippen LogP contribution in [0.3, 0.4) is 0 Å². The highest BCUT2D eigenvalue weighted by atomic mass is 35.5. The van der Waals surface area contributed by atoms with Gasteiger partial charge in [-0.1, -0.05) is 41.4 Å². The van der Waals surface area contributed by atoms with E-state index < -0.39 is 0 Å². The Labute approximate surface area is 157 Å². The monoisotopic (exact) mass is 380 g/mol. The van der Waals surface area contributed by atoms with E-state index in [9.17, 15) is 0 Å². The molecule has 0 saturated heterocycles. The predicted octanol–water partition coefficient (Wildman–Crippen LogP) is 4.44. The second-order valence-electron chi connectivity index (χ2n) is 5.72. The largest absolute Gasteiger partial charge is 0.265 e. The number of benzene rings is 2. The summed E-state index contributed by atoms with van der Waals surface area (Å²) in [6.07, 6.45) is 3.44. The zero-order chi connectivity index (χ0) is 17.7. The number of aromatic nitrogens is 6. The minimum absolute atomic E-state index is 0.465. The molecule has 26 heavy (non-hydrogen) atoms. The van der Waals surface area contributed by atoms with Crippen molar-refractivity contribution in [1.82, 2.24) is 29.4 Å². The first-order valence-electron chi connectivity index (χ1n) is 7.81. The molecule has 0 amide bonds. The van der Waals surface area contributed by atoms with E-state index in [2.05, 4.69) is 20.3 Å². The molecule has 0 atom stereocenters. The van der Waals surface area contributed by atoms with Gasteiger partial charge in [0.05, 0.1) is 27.3 Å². The zero-order valence-electron chi connectivity index (χ0n) is 13.2. The number of hydrogen-bond acceptors (Lipinski definition) is 4. The topological polar surface area (TPSA) is 60.9 Å². The first kappa shape index (κ1) is 15.3. The lowest BCUT2D eigenvalue weighted by molar-refractivity contribution is 0.893. The Bertz CT molecular complexity index is 1260. The van der Waals surface area contributed by atoms with E-state index in [4.69, 9.17) is 23.2 Å². The molecular weight excluding hydrogens is 371 g/mol. The zero-order valence-corrected chi connectivity index (χ0v) is 14.7. The Balaban J connectivity index is 1.72. The van der Waals surface area contributed by atoms with Crippen LogP contribution in [0.2, 0.25) is 10.0 Å². The van der Waals surface area contributed by atoms with Gasteiger partial charge in [-0.05, 0) is 30.3 Å². The SMILES string of the molecule is Clc1ccc(-c2nnc3c4cnn(-c5ccccc5)c4ncn23)cc1Cl. The van der Waals surface area contributed by atoms with Gasteiger partial charge in [-0.15, -0.1) is 10.2 Å². The van der Waals surface area contributed by atoms with Gasteiger partial charge in [0.25, 0.3) is 0 Å². The molecule has 0 aliphatic carbocycles. The number of halogens is 2. The summed E-state index contributed by atoms with van der Waals surface area (Å²) in [7, 11) is 0. The van der Waals surface area contributed by atoms with Crippen molar-refractivity contribution >= 4 is 39.9 Å². The maximum absolute atomic E-state index is 6.13. The fourth-order valence-electron chi connectivity index (χ4n) is 2.91. The summed E-state index contributed by atoms with van der Waals surface area (Å²) in [4.78, 5) is 4.57. The summed E-state index contributed by atoms with van der Waals surface area (Å²) >= 11 is 12.1. The fourth-order valence-corrected chi connectivity index (χ4v) is 3.21. The molecule has 126 valence electrons. The third kappa shape index (κ3) is 2.27. The van der Waals surface area contributed by atoms with E-state index in [1.165, 1.54) is 0 Å².